The summed E-state index contributed by atoms with van der Waals surface area (Å²) in [5.41, 5.74) is 1.55. The molecule has 6 nitrogen and oxygen atoms in total. The van der Waals surface area contributed by atoms with Gasteiger partial charge in [-0.15, -0.1) is 0 Å². The van der Waals surface area contributed by atoms with Crippen LogP contribution in [-0.4, -0.2) is 34.0 Å². The van der Waals surface area contributed by atoms with Crippen LogP contribution in [0, 0.1) is 6.92 Å². The van der Waals surface area contributed by atoms with Crippen LogP contribution in [0.1, 0.15) is 22.8 Å². The molecule has 0 spiro atoms. The van der Waals surface area contributed by atoms with Gasteiger partial charge in [0.15, 0.2) is 0 Å². The topological polar surface area (TPSA) is 84.5 Å². The molecule has 0 aliphatic rings. The van der Waals surface area contributed by atoms with E-state index in [9.17, 15) is 13.2 Å². The summed E-state index contributed by atoms with van der Waals surface area (Å²) >= 11 is 0. The summed E-state index contributed by atoms with van der Waals surface area (Å²) in [6, 6.07) is 13.5. The zero-order valence-corrected chi connectivity index (χ0v) is 15.1. The van der Waals surface area contributed by atoms with Crippen molar-refractivity contribution in [2.24, 2.45) is 0 Å². The second kappa shape index (κ2) is 8.64. The maximum absolute atomic E-state index is 12.1. The quantitative estimate of drug-likeness (QED) is 0.705. The Morgan fingerprint density at radius 1 is 1.04 bits per heavy atom. The second-order valence-corrected chi connectivity index (χ2v) is 7.21. The molecular weight excluding hydrogens is 340 g/mol. The molecule has 0 aromatic heterocycles. The Bertz CT molecular complexity index is 800. The number of rotatable bonds is 8. The highest BCUT2D eigenvalue weighted by molar-refractivity contribution is 7.89. The van der Waals surface area contributed by atoms with Gasteiger partial charge in [-0.1, -0.05) is 24.6 Å². The van der Waals surface area contributed by atoms with E-state index in [0.29, 0.717) is 25.3 Å². The van der Waals surface area contributed by atoms with Crippen LogP contribution >= 0.6 is 0 Å². The molecule has 7 heteroatoms. The van der Waals surface area contributed by atoms with Gasteiger partial charge in [0.25, 0.3) is 5.91 Å². The smallest absolute Gasteiger partial charge is 0.251 e. The Morgan fingerprint density at radius 2 is 1.68 bits per heavy atom. The van der Waals surface area contributed by atoms with Crippen molar-refractivity contribution in [3.05, 3.63) is 59.7 Å². The van der Waals surface area contributed by atoms with E-state index in [1.54, 1.807) is 6.92 Å². The van der Waals surface area contributed by atoms with Gasteiger partial charge in [-0.3, -0.25) is 4.79 Å². The number of sulfonamides is 1. The molecule has 2 aromatic carbocycles. The fraction of sp³-hybridized carbons (Fsp3) is 0.278. The second-order valence-electron chi connectivity index (χ2n) is 5.44. The SMILES string of the molecule is CCNS(=O)(=O)c1ccc(C(=O)NCCOc2ccc(C)cc2)cc1. The Morgan fingerprint density at radius 3 is 2.28 bits per heavy atom. The van der Waals surface area contributed by atoms with Crippen LogP contribution in [0.3, 0.4) is 0 Å². The van der Waals surface area contributed by atoms with E-state index >= 15 is 0 Å². The van der Waals surface area contributed by atoms with E-state index in [4.69, 9.17) is 4.74 Å². The first-order valence-electron chi connectivity index (χ1n) is 8.00. The minimum atomic E-state index is -3.51. The fourth-order valence-electron chi connectivity index (χ4n) is 2.13. The molecule has 0 heterocycles. The molecule has 0 atom stereocenters. The van der Waals surface area contributed by atoms with E-state index in [1.807, 2.05) is 31.2 Å². The third kappa shape index (κ3) is 5.58. The van der Waals surface area contributed by atoms with Crippen molar-refractivity contribution >= 4 is 15.9 Å². The van der Waals surface area contributed by atoms with Crippen molar-refractivity contribution in [2.45, 2.75) is 18.7 Å². The predicted molar refractivity (Wildman–Crippen MR) is 96.3 cm³/mol. The lowest BCUT2D eigenvalue weighted by Crippen LogP contribution is -2.28. The number of carbonyl (C=O) groups excluding carboxylic acids is 1. The summed E-state index contributed by atoms with van der Waals surface area (Å²) in [5, 5.41) is 2.73. The van der Waals surface area contributed by atoms with E-state index in [1.165, 1.54) is 24.3 Å². The summed E-state index contributed by atoms with van der Waals surface area (Å²) in [5.74, 6) is 0.470. The molecule has 0 unspecified atom stereocenters. The molecule has 0 aliphatic carbocycles. The number of hydrogen-bond donors (Lipinski definition) is 2. The van der Waals surface area contributed by atoms with Gasteiger partial charge >= 0.3 is 0 Å². The number of amides is 1. The van der Waals surface area contributed by atoms with Crippen molar-refractivity contribution in [3.8, 4) is 5.75 Å². The van der Waals surface area contributed by atoms with Crippen LogP contribution in [0.25, 0.3) is 0 Å². The Balaban J connectivity index is 1.83. The van der Waals surface area contributed by atoms with Crippen LogP contribution < -0.4 is 14.8 Å². The first kappa shape index (κ1) is 19.0. The summed E-state index contributed by atoms with van der Waals surface area (Å²) in [6.07, 6.45) is 0. The van der Waals surface area contributed by atoms with E-state index < -0.39 is 10.0 Å². The van der Waals surface area contributed by atoms with Gasteiger partial charge in [0.05, 0.1) is 11.4 Å². The molecule has 0 radical (unpaired) electrons. The largest absolute Gasteiger partial charge is 0.492 e. The van der Waals surface area contributed by atoms with E-state index in [-0.39, 0.29) is 10.8 Å². The first-order chi connectivity index (χ1) is 11.9. The van der Waals surface area contributed by atoms with Gasteiger partial charge in [0, 0.05) is 12.1 Å². The number of nitrogens with one attached hydrogen (secondary N) is 2. The monoisotopic (exact) mass is 362 g/mol. The van der Waals surface area contributed by atoms with Crippen LogP contribution in [0.5, 0.6) is 5.75 Å². The number of benzene rings is 2. The molecule has 0 saturated carbocycles. The van der Waals surface area contributed by atoms with Gasteiger partial charge in [-0.25, -0.2) is 13.1 Å². The van der Waals surface area contributed by atoms with Crippen LogP contribution in [0.15, 0.2) is 53.4 Å². The standard InChI is InChI=1S/C18H22N2O4S/c1-3-20-25(22,23)17-10-6-15(7-11-17)18(21)19-12-13-24-16-8-4-14(2)5-9-16/h4-11,20H,3,12-13H2,1-2H3,(H,19,21). The molecular formula is C18H22N2O4S. The molecule has 0 aliphatic heterocycles. The van der Waals surface area contributed by atoms with Crippen molar-refractivity contribution in [2.75, 3.05) is 19.7 Å². The van der Waals surface area contributed by atoms with Crippen LogP contribution in [-0.2, 0) is 10.0 Å². The van der Waals surface area contributed by atoms with Gasteiger partial charge in [0.1, 0.15) is 12.4 Å². The molecule has 2 aromatic rings. The molecule has 2 rings (SSSR count). The molecule has 0 fully saturated rings. The molecule has 134 valence electrons. The summed E-state index contributed by atoms with van der Waals surface area (Å²) in [6.45, 7) is 4.72. The normalized spacial score (nSPS) is 11.1. The summed E-state index contributed by atoms with van der Waals surface area (Å²) < 4.78 is 31.6. The molecule has 0 bridgehead atoms. The van der Waals surface area contributed by atoms with Gasteiger partial charge in [0.2, 0.25) is 10.0 Å². The summed E-state index contributed by atoms with van der Waals surface area (Å²) in [4.78, 5) is 12.2. The Kier molecular flexibility index (Phi) is 6.55. The van der Waals surface area contributed by atoms with Crippen LogP contribution in [0.4, 0.5) is 0 Å². The third-order valence-electron chi connectivity index (χ3n) is 3.44. The molecule has 0 saturated heterocycles. The van der Waals surface area contributed by atoms with Gasteiger partial charge in [-0.05, 0) is 43.3 Å². The average Bonchev–Trinajstić information content (AvgIpc) is 2.60. The van der Waals surface area contributed by atoms with Gasteiger partial charge < -0.3 is 10.1 Å². The minimum absolute atomic E-state index is 0.133. The number of ether oxygens (including phenoxy) is 1. The third-order valence-corrected chi connectivity index (χ3v) is 5.00. The number of aryl methyl sites for hydroxylation is 1. The lowest BCUT2D eigenvalue weighted by molar-refractivity contribution is 0.0947. The zero-order chi connectivity index (χ0) is 18.3. The van der Waals surface area contributed by atoms with Crippen molar-refractivity contribution in [1.82, 2.24) is 10.0 Å². The van der Waals surface area contributed by atoms with Crippen LogP contribution in [0.2, 0.25) is 0 Å². The van der Waals surface area contributed by atoms with Crippen molar-refractivity contribution in [1.29, 1.82) is 0 Å². The Hall–Kier alpha value is -2.38. The van der Waals surface area contributed by atoms with E-state index in [0.717, 1.165) is 11.3 Å². The lowest BCUT2D eigenvalue weighted by Gasteiger charge is -2.09. The number of carbonyl (C=O) groups is 1. The highest BCUT2D eigenvalue weighted by Gasteiger charge is 2.13. The fourth-order valence-corrected chi connectivity index (χ4v) is 3.17. The van der Waals surface area contributed by atoms with Gasteiger partial charge in [-0.2, -0.15) is 0 Å². The lowest BCUT2D eigenvalue weighted by atomic mass is 10.2. The predicted octanol–water partition coefficient (Wildman–Crippen LogP) is 2.10. The minimum Gasteiger partial charge on any atom is -0.492 e. The van der Waals surface area contributed by atoms with Crippen molar-refractivity contribution in [3.63, 3.8) is 0 Å². The molecule has 25 heavy (non-hydrogen) atoms. The molecule has 1 amide bonds. The first-order valence-corrected chi connectivity index (χ1v) is 9.48. The van der Waals surface area contributed by atoms with E-state index in [2.05, 4.69) is 10.0 Å². The molecule has 2 N–H and O–H groups in total. The zero-order valence-electron chi connectivity index (χ0n) is 14.3. The number of hydrogen-bond acceptors (Lipinski definition) is 4. The van der Waals surface area contributed by atoms with Crippen molar-refractivity contribution < 1.29 is 17.9 Å². The highest BCUT2D eigenvalue weighted by atomic mass is 32.2. The maximum Gasteiger partial charge on any atom is 0.251 e. The maximum atomic E-state index is 12.1. The highest BCUT2D eigenvalue weighted by Crippen LogP contribution is 2.11. The average molecular weight is 362 g/mol. The summed E-state index contributed by atoms with van der Waals surface area (Å²) in [7, 11) is -3.51. The Labute approximate surface area is 148 Å².